The van der Waals surface area contributed by atoms with E-state index >= 15 is 0 Å². The summed E-state index contributed by atoms with van der Waals surface area (Å²) < 4.78 is 1.72. The zero-order valence-corrected chi connectivity index (χ0v) is 11.7. The van der Waals surface area contributed by atoms with Gasteiger partial charge in [0.05, 0.1) is 0 Å². The molecule has 1 N–H and O–H groups in total. The number of hydrogen-bond acceptors (Lipinski definition) is 5. The number of imidazole rings is 1. The van der Waals surface area contributed by atoms with Crippen LogP contribution in [0.15, 0.2) is 6.33 Å². The maximum Gasteiger partial charge on any atom is 0.406 e. The quantitative estimate of drug-likeness (QED) is 0.657. The van der Waals surface area contributed by atoms with Gasteiger partial charge in [-0.1, -0.05) is 0 Å². The van der Waals surface area contributed by atoms with E-state index < -0.39 is 4.92 Å². The largest absolute Gasteiger partial charge is 0.406 e. The van der Waals surface area contributed by atoms with Gasteiger partial charge in [-0.25, -0.2) is 0 Å². The molecular weight excluding hydrogens is 246 g/mol. The van der Waals surface area contributed by atoms with Gasteiger partial charge in [0.2, 0.25) is 12.1 Å². The highest BCUT2D eigenvalue weighted by Crippen LogP contribution is 2.31. The Bertz CT molecular complexity index is 451. The number of nitrogens with one attached hydrogen (secondary N) is 1. The highest BCUT2D eigenvalue weighted by molar-refractivity contribution is 5.54. The smallest absolute Gasteiger partial charge is 0.358 e. The van der Waals surface area contributed by atoms with Gasteiger partial charge in [0.25, 0.3) is 0 Å². The molecule has 0 amide bonds. The molecule has 1 aliphatic rings. The molecule has 7 heteroatoms. The van der Waals surface area contributed by atoms with Gasteiger partial charge in [0.15, 0.2) is 0 Å². The molecule has 0 unspecified atom stereocenters. The predicted molar refractivity (Wildman–Crippen MR) is 73.4 cm³/mol. The van der Waals surface area contributed by atoms with E-state index in [0.29, 0.717) is 17.9 Å². The highest BCUT2D eigenvalue weighted by Gasteiger charge is 2.30. The summed E-state index contributed by atoms with van der Waals surface area (Å²) >= 11 is 0. The third-order valence-corrected chi connectivity index (χ3v) is 4.05. The SMILES string of the molecule is CNC1CCC(N(C)c2c([N+](=O)[O-])ncn2C)CC1. The Balaban J connectivity index is 2.14. The van der Waals surface area contributed by atoms with Crippen molar-refractivity contribution in [2.24, 2.45) is 7.05 Å². The molecule has 0 atom stereocenters. The maximum absolute atomic E-state index is 11.0. The van der Waals surface area contributed by atoms with Gasteiger partial charge < -0.3 is 20.3 Å². The van der Waals surface area contributed by atoms with Gasteiger partial charge in [-0.2, -0.15) is 0 Å². The van der Waals surface area contributed by atoms with E-state index in [-0.39, 0.29) is 5.82 Å². The van der Waals surface area contributed by atoms with Crippen LogP contribution in [0.25, 0.3) is 0 Å². The average Bonchev–Trinajstić information content (AvgIpc) is 2.80. The third-order valence-electron chi connectivity index (χ3n) is 4.05. The summed E-state index contributed by atoms with van der Waals surface area (Å²) in [6.07, 6.45) is 5.81. The van der Waals surface area contributed by atoms with Gasteiger partial charge in [-0.15, -0.1) is 0 Å². The Morgan fingerprint density at radius 1 is 1.47 bits per heavy atom. The van der Waals surface area contributed by atoms with Gasteiger partial charge in [-0.3, -0.25) is 4.57 Å². The van der Waals surface area contributed by atoms with Crippen molar-refractivity contribution in [3.05, 3.63) is 16.4 Å². The Morgan fingerprint density at radius 3 is 2.63 bits per heavy atom. The van der Waals surface area contributed by atoms with Crippen LogP contribution in [0.3, 0.4) is 0 Å². The molecule has 7 nitrogen and oxygen atoms in total. The monoisotopic (exact) mass is 267 g/mol. The normalized spacial score (nSPS) is 23.3. The molecule has 106 valence electrons. The number of nitro groups is 1. The molecule has 1 aromatic rings. The predicted octanol–water partition coefficient (Wildman–Crippen LogP) is 1.30. The first kappa shape index (κ1) is 13.8. The molecule has 19 heavy (non-hydrogen) atoms. The Hall–Kier alpha value is -1.63. The van der Waals surface area contributed by atoms with Gasteiger partial charge in [-0.05, 0) is 42.6 Å². The number of nitrogens with zero attached hydrogens (tertiary/aromatic N) is 4. The number of aryl methyl sites for hydroxylation is 1. The van der Waals surface area contributed by atoms with Crippen LogP contribution in [0.1, 0.15) is 25.7 Å². The molecule has 1 aliphatic carbocycles. The molecule has 0 spiro atoms. The van der Waals surface area contributed by atoms with Crippen LogP contribution in [0.5, 0.6) is 0 Å². The van der Waals surface area contributed by atoms with E-state index in [9.17, 15) is 10.1 Å². The van der Waals surface area contributed by atoms with Crippen LogP contribution >= 0.6 is 0 Å². The molecule has 0 bridgehead atoms. The van der Waals surface area contributed by atoms with Crippen LogP contribution in [0.2, 0.25) is 0 Å². The number of anilines is 1. The Morgan fingerprint density at radius 2 is 2.11 bits per heavy atom. The fourth-order valence-corrected chi connectivity index (χ4v) is 2.87. The zero-order chi connectivity index (χ0) is 14.0. The molecule has 0 aliphatic heterocycles. The van der Waals surface area contributed by atoms with Crippen molar-refractivity contribution in [2.45, 2.75) is 37.8 Å². The molecule has 1 aromatic heterocycles. The summed E-state index contributed by atoms with van der Waals surface area (Å²) in [4.78, 5) is 16.5. The van der Waals surface area contributed by atoms with Crippen LogP contribution in [0.4, 0.5) is 11.6 Å². The summed E-state index contributed by atoms with van der Waals surface area (Å²) in [5.74, 6) is 0.540. The van der Waals surface area contributed by atoms with E-state index in [1.165, 1.54) is 6.33 Å². The minimum atomic E-state index is -0.412. The lowest BCUT2D eigenvalue weighted by Gasteiger charge is -2.35. The Kier molecular flexibility index (Phi) is 4.04. The van der Waals surface area contributed by atoms with Gasteiger partial charge >= 0.3 is 5.82 Å². The first-order valence-electron chi connectivity index (χ1n) is 6.60. The van der Waals surface area contributed by atoms with E-state index in [2.05, 4.69) is 10.3 Å². The van der Waals surface area contributed by atoms with Crippen molar-refractivity contribution in [2.75, 3.05) is 19.0 Å². The van der Waals surface area contributed by atoms with Crippen LogP contribution in [-0.4, -0.2) is 40.7 Å². The van der Waals surface area contributed by atoms with Crippen molar-refractivity contribution in [3.8, 4) is 0 Å². The van der Waals surface area contributed by atoms with Crippen molar-refractivity contribution in [1.82, 2.24) is 14.9 Å². The number of hydrogen-bond donors (Lipinski definition) is 1. The lowest BCUT2D eigenvalue weighted by Crippen LogP contribution is -2.40. The summed E-state index contributed by atoms with van der Waals surface area (Å²) in [6, 6.07) is 0.921. The number of aromatic nitrogens is 2. The molecule has 1 heterocycles. The molecule has 1 fully saturated rings. The molecule has 2 rings (SSSR count). The van der Waals surface area contributed by atoms with Crippen molar-refractivity contribution in [3.63, 3.8) is 0 Å². The van der Waals surface area contributed by atoms with E-state index in [0.717, 1.165) is 25.7 Å². The molecule has 0 aromatic carbocycles. The summed E-state index contributed by atoms with van der Waals surface area (Å²) in [5, 5.41) is 14.3. The Labute approximate surface area is 112 Å². The average molecular weight is 267 g/mol. The van der Waals surface area contributed by atoms with E-state index in [4.69, 9.17) is 0 Å². The van der Waals surface area contributed by atoms with Gasteiger partial charge in [0.1, 0.15) is 0 Å². The standard InChI is InChI=1S/C12H21N5O2/c1-13-9-4-6-10(7-5-9)16(3)12-11(17(18)19)14-8-15(12)2/h8-10,13H,4-7H2,1-3H3. The summed E-state index contributed by atoms with van der Waals surface area (Å²) in [5.41, 5.74) is 0. The van der Waals surface area contributed by atoms with Crippen LogP contribution in [-0.2, 0) is 7.05 Å². The lowest BCUT2D eigenvalue weighted by molar-refractivity contribution is -0.388. The topological polar surface area (TPSA) is 76.2 Å². The van der Waals surface area contributed by atoms with Crippen molar-refractivity contribution < 1.29 is 4.92 Å². The second-order valence-corrected chi connectivity index (χ2v) is 5.16. The molecular formula is C12H21N5O2. The summed E-state index contributed by atoms with van der Waals surface area (Å²) in [6.45, 7) is 0. The van der Waals surface area contributed by atoms with E-state index in [1.54, 1.807) is 11.6 Å². The highest BCUT2D eigenvalue weighted by atomic mass is 16.6. The third kappa shape index (κ3) is 2.70. The van der Waals surface area contributed by atoms with Crippen LogP contribution < -0.4 is 10.2 Å². The summed E-state index contributed by atoms with van der Waals surface area (Å²) in [7, 11) is 5.71. The lowest BCUT2D eigenvalue weighted by atomic mass is 9.90. The zero-order valence-electron chi connectivity index (χ0n) is 11.7. The van der Waals surface area contributed by atoms with Crippen LogP contribution in [0, 0.1) is 10.1 Å². The first-order chi connectivity index (χ1) is 9.04. The molecule has 0 radical (unpaired) electrons. The fourth-order valence-electron chi connectivity index (χ4n) is 2.87. The van der Waals surface area contributed by atoms with E-state index in [1.807, 2.05) is 19.0 Å². The minimum Gasteiger partial charge on any atom is -0.358 e. The number of rotatable bonds is 4. The second-order valence-electron chi connectivity index (χ2n) is 5.16. The fraction of sp³-hybridized carbons (Fsp3) is 0.750. The first-order valence-corrected chi connectivity index (χ1v) is 6.60. The van der Waals surface area contributed by atoms with Crippen molar-refractivity contribution in [1.29, 1.82) is 0 Å². The molecule has 0 saturated heterocycles. The van der Waals surface area contributed by atoms with Crippen molar-refractivity contribution >= 4 is 11.6 Å². The van der Waals surface area contributed by atoms with Gasteiger partial charge in [0, 0.05) is 26.2 Å². The minimum absolute atomic E-state index is 0.0549. The second kappa shape index (κ2) is 5.56. The molecule has 1 saturated carbocycles. The maximum atomic E-state index is 11.0.